The molecule has 1 aliphatic rings. The van der Waals surface area contributed by atoms with Crippen LogP contribution in [0.2, 0.25) is 5.02 Å². The van der Waals surface area contributed by atoms with Gasteiger partial charge in [-0.2, -0.15) is 0 Å². The molecular formula is C22H19ClO. The van der Waals surface area contributed by atoms with Crippen molar-refractivity contribution in [3.8, 4) is 11.1 Å². The van der Waals surface area contributed by atoms with Gasteiger partial charge < -0.3 is 4.42 Å². The smallest absolute Gasteiger partial charge is 0.130 e. The van der Waals surface area contributed by atoms with Crippen molar-refractivity contribution in [3.05, 3.63) is 81.3 Å². The SMILES string of the molecule is Cc1cc(C2=Cc3c(ccc(C)c3-c3ccccc3Cl)C2)oc1C. The molecule has 1 nitrogen and oxygen atoms in total. The first kappa shape index (κ1) is 15.3. The Hall–Kier alpha value is -2.25. The number of hydrogen-bond donors (Lipinski definition) is 0. The molecule has 2 aromatic carbocycles. The van der Waals surface area contributed by atoms with Crippen LogP contribution in [-0.2, 0) is 6.42 Å². The van der Waals surface area contributed by atoms with Crippen molar-refractivity contribution in [2.24, 2.45) is 0 Å². The number of hydrogen-bond acceptors (Lipinski definition) is 1. The quantitative estimate of drug-likeness (QED) is 0.513. The lowest BCUT2D eigenvalue weighted by molar-refractivity contribution is 0.518. The molecule has 0 bridgehead atoms. The van der Waals surface area contributed by atoms with Crippen LogP contribution in [0.25, 0.3) is 22.8 Å². The molecule has 0 N–H and O–H groups in total. The van der Waals surface area contributed by atoms with E-state index in [1.165, 1.54) is 33.4 Å². The third-order valence-electron chi connectivity index (χ3n) is 4.87. The molecule has 0 amide bonds. The summed E-state index contributed by atoms with van der Waals surface area (Å²) in [5.41, 5.74) is 8.60. The maximum absolute atomic E-state index is 6.47. The minimum absolute atomic E-state index is 0.792. The van der Waals surface area contributed by atoms with Crippen molar-refractivity contribution in [1.29, 1.82) is 0 Å². The molecule has 24 heavy (non-hydrogen) atoms. The molecule has 4 rings (SSSR count). The first-order chi connectivity index (χ1) is 11.5. The standard InChI is InChI=1S/C22H19ClO/c1-13-8-9-16-11-17(21-10-14(2)15(3)24-21)12-19(16)22(13)18-6-4-5-7-20(18)23/h4-10,12H,11H2,1-3H3. The van der Waals surface area contributed by atoms with Crippen LogP contribution in [0.4, 0.5) is 0 Å². The van der Waals surface area contributed by atoms with Crippen molar-refractivity contribution in [2.45, 2.75) is 27.2 Å². The summed E-state index contributed by atoms with van der Waals surface area (Å²) in [5, 5.41) is 0.792. The molecule has 0 radical (unpaired) electrons. The lowest BCUT2D eigenvalue weighted by Gasteiger charge is -2.13. The molecule has 0 atom stereocenters. The van der Waals surface area contributed by atoms with Crippen LogP contribution in [-0.4, -0.2) is 0 Å². The van der Waals surface area contributed by atoms with Crippen LogP contribution in [0.15, 0.2) is 46.9 Å². The van der Waals surface area contributed by atoms with Gasteiger partial charge in [-0.05, 0) is 72.4 Å². The second-order valence-electron chi connectivity index (χ2n) is 6.51. The maximum Gasteiger partial charge on any atom is 0.130 e. The number of furan rings is 1. The van der Waals surface area contributed by atoms with E-state index in [2.05, 4.69) is 44.2 Å². The Balaban J connectivity index is 1.89. The highest BCUT2D eigenvalue weighted by Gasteiger charge is 2.22. The molecule has 120 valence electrons. The summed E-state index contributed by atoms with van der Waals surface area (Å²) in [4.78, 5) is 0. The molecule has 2 heteroatoms. The van der Waals surface area contributed by atoms with Gasteiger partial charge in [-0.15, -0.1) is 0 Å². The monoisotopic (exact) mass is 334 g/mol. The Kier molecular flexibility index (Phi) is 3.62. The lowest BCUT2D eigenvalue weighted by atomic mass is 9.93. The number of benzene rings is 2. The third kappa shape index (κ3) is 2.40. The zero-order valence-corrected chi connectivity index (χ0v) is 14.9. The molecule has 1 aromatic heterocycles. The fraction of sp³-hybridized carbons (Fsp3) is 0.182. The minimum atomic E-state index is 0.792. The second kappa shape index (κ2) is 5.68. The molecule has 0 saturated heterocycles. The van der Waals surface area contributed by atoms with E-state index in [-0.39, 0.29) is 0 Å². The topological polar surface area (TPSA) is 13.1 Å². The molecule has 0 unspecified atom stereocenters. The van der Waals surface area contributed by atoms with Gasteiger partial charge in [0, 0.05) is 17.0 Å². The van der Waals surface area contributed by atoms with Gasteiger partial charge in [0.1, 0.15) is 11.5 Å². The van der Waals surface area contributed by atoms with E-state index < -0.39 is 0 Å². The Labute approximate surface area is 147 Å². The van der Waals surface area contributed by atoms with Crippen molar-refractivity contribution < 1.29 is 4.42 Å². The summed E-state index contributed by atoms with van der Waals surface area (Å²) in [6.07, 6.45) is 3.16. The Morgan fingerprint density at radius 2 is 1.75 bits per heavy atom. The number of aryl methyl sites for hydroxylation is 3. The lowest BCUT2D eigenvalue weighted by Crippen LogP contribution is -1.92. The van der Waals surface area contributed by atoms with E-state index in [1.807, 2.05) is 25.1 Å². The van der Waals surface area contributed by atoms with Gasteiger partial charge in [-0.25, -0.2) is 0 Å². The summed E-state index contributed by atoms with van der Waals surface area (Å²) < 4.78 is 5.93. The maximum atomic E-state index is 6.47. The number of allylic oxidation sites excluding steroid dienone is 1. The molecule has 0 fully saturated rings. The van der Waals surface area contributed by atoms with E-state index >= 15 is 0 Å². The fourth-order valence-electron chi connectivity index (χ4n) is 3.43. The van der Waals surface area contributed by atoms with Gasteiger partial charge in [0.25, 0.3) is 0 Å². The average molecular weight is 335 g/mol. The van der Waals surface area contributed by atoms with Crippen molar-refractivity contribution in [1.82, 2.24) is 0 Å². The van der Waals surface area contributed by atoms with Crippen LogP contribution in [0, 0.1) is 20.8 Å². The van der Waals surface area contributed by atoms with E-state index in [4.69, 9.17) is 16.0 Å². The largest absolute Gasteiger partial charge is 0.461 e. The Morgan fingerprint density at radius 3 is 2.46 bits per heavy atom. The van der Waals surface area contributed by atoms with Gasteiger partial charge in [-0.3, -0.25) is 0 Å². The van der Waals surface area contributed by atoms with Crippen molar-refractivity contribution in [2.75, 3.05) is 0 Å². The summed E-state index contributed by atoms with van der Waals surface area (Å²) in [5.74, 6) is 1.97. The first-order valence-corrected chi connectivity index (χ1v) is 8.58. The van der Waals surface area contributed by atoms with Crippen LogP contribution in [0.5, 0.6) is 0 Å². The first-order valence-electron chi connectivity index (χ1n) is 8.20. The van der Waals surface area contributed by atoms with Crippen molar-refractivity contribution in [3.63, 3.8) is 0 Å². The van der Waals surface area contributed by atoms with Crippen molar-refractivity contribution >= 4 is 23.3 Å². The van der Waals surface area contributed by atoms with Crippen LogP contribution >= 0.6 is 11.6 Å². The molecule has 0 saturated carbocycles. The zero-order valence-electron chi connectivity index (χ0n) is 14.1. The number of halogens is 1. The van der Waals surface area contributed by atoms with Gasteiger partial charge in [0.2, 0.25) is 0 Å². The van der Waals surface area contributed by atoms with E-state index in [0.29, 0.717) is 0 Å². The molecule has 1 aliphatic carbocycles. The summed E-state index contributed by atoms with van der Waals surface area (Å²) in [7, 11) is 0. The number of fused-ring (bicyclic) bond motifs is 1. The van der Waals surface area contributed by atoms with Gasteiger partial charge in [-0.1, -0.05) is 41.9 Å². The predicted molar refractivity (Wildman–Crippen MR) is 101 cm³/mol. The van der Waals surface area contributed by atoms with Crippen LogP contribution in [0.3, 0.4) is 0 Å². The van der Waals surface area contributed by atoms with Gasteiger partial charge in [0.15, 0.2) is 0 Å². The summed E-state index contributed by atoms with van der Waals surface area (Å²) in [6, 6.07) is 14.6. The van der Waals surface area contributed by atoms with Gasteiger partial charge >= 0.3 is 0 Å². The third-order valence-corrected chi connectivity index (χ3v) is 5.20. The molecule has 0 spiro atoms. The fourth-order valence-corrected chi connectivity index (χ4v) is 3.66. The Bertz CT molecular complexity index is 956. The summed E-state index contributed by atoms with van der Waals surface area (Å²) in [6.45, 7) is 6.25. The highest BCUT2D eigenvalue weighted by atomic mass is 35.5. The highest BCUT2D eigenvalue weighted by Crippen LogP contribution is 2.41. The van der Waals surface area contributed by atoms with E-state index in [0.717, 1.165) is 28.5 Å². The summed E-state index contributed by atoms with van der Waals surface area (Å²) >= 11 is 6.47. The molecule has 1 heterocycles. The normalized spacial score (nSPS) is 13.1. The van der Waals surface area contributed by atoms with Crippen LogP contribution < -0.4 is 0 Å². The minimum Gasteiger partial charge on any atom is -0.461 e. The predicted octanol–water partition coefficient (Wildman–Crippen LogP) is 6.62. The van der Waals surface area contributed by atoms with E-state index in [1.54, 1.807) is 0 Å². The Morgan fingerprint density at radius 1 is 0.958 bits per heavy atom. The molecule has 0 aliphatic heterocycles. The van der Waals surface area contributed by atoms with E-state index in [9.17, 15) is 0 Å². The second-order valence-corrected chi connectivity index (χ2v) is 6.91. The number of rotatable bonds is 2. The molecule has 3 aromatic rings. The zero-order chi connectivity index (χ0) is 16.8. The molecular weight excluding hydrogens is 316 g/mol. The van der Waals surface area contributed by atoms with Gasteiger partial charge in [0.05, 0.1) is 0 Å². The highest BCUT2D eigenvalue weighted by molar-refractivity contribution is 6.33. The average Bonchev–Trinajstić information content (AvgIpc) is 3.12. The van der Waals surface area contributed by atoms with Crippen LogP contribution in [0.1, 0.15) is 33.8 Å².